The van der Waals surface area contributed by atoms with Crippen molar-refractivity contribution < 1.29 is 9.53 Å². The fourth-order valence-electron chi connectivity index (χ4n) is 1.64. The molecule has 0 saturated carbocycles. The van der Waals surface area contributed by atoms with E-state index in [1.54, 1.807) is 11.4 Å². The fraction of sp³-hybridized carbons (Fsp3) is 0.286. The molecule has 0 aliphatic carbocycles. The standard InChI is InChI=1S/C14H17N3O2S/c1-3-19-12-7-5-4-6-10(12)16-13(18)11-8-20-14(17-11)9(2)15/h4-9H,3,15H2,1-2H3,(H,16,18). The Morgan fingerprint density at radius 3 is 2.90 bits per heavy atom. The van der Waals surface area contributed by atoms with E-state index in [2.05, 4.69) is 10.3 Å². The van der Waals surface area contributed by atoms with Crippen LogP contribution in [0.4, 0.5) is 5.69 Å². The largest absolute Gasteiger partial charge is 0.492 e. The predicted molar refractivity (Wildman–Crippen MR) is 80.3 cm³/mol. The lowest BCUT2D eigenvalue weighted by molar-refractivity contribution is 0.102. The lowest BCUT2D eigenvalue weighted by atomic mass is 10.3. The number of amides is 1. The van der Waals surface area contributed by atoms with E-state index >= 15 is 0 Å². The van der Waals surface area contributed by atoms with Gasteiger partial charge in [-0.2, -0.15) is 0 Å². The van der Waals surface area contributed by atoms with Gasteiger partial charge in [0.1, 0.15) is 16.5 Å². The monoisotopic (exact) mass is 291 g/mol. The van der Waals surface area contributed by atoms with Gasteiger partial charge in [-0.3, -0.25) is 4.79 Å². The van der Waals surface area contributed by atoms with E-state index in [0.29, 0.717) is 23.7 Å². The lowest BCUT2D eigenvalue weighted by Gasteiger charge is -2.10. The van der Waals surface area contributed by atoms with Gasteiger partial charge < -0.3 is 15.8 Å². The van der Waals surface area contributed by atoms with Crippen LogP contribution in [0, 0.1) is 0 Å². The number of hydrogen-bond donors (Lipinski definition) is 2. The molecule has 20 heavy (non-hydrogen) atoms. The van der Waals surface area contributed by atoms with Crippen LogP contribution in [0.3, 0.4) is 0 Å². The quantitative estimate of drug-likeness (QED) is 0.888. The molecule has 1 aromatic carbocycles. The maximum atomic E-state index is 12.1. The number of benzene rings is 1. The van der Waals surface area contributed by atoms with E-state index in [-0.39, 0.29) is 11.9 Å². The Morgan fingerprint density at radius 2 is 2.25 bits per heavy atom. The molecule has 1 amide bonds. The summed E-state index contributed by atoms with van der Waals surface area (Å²) >= 11 is 1.38. The number of anilines is 1. The molecule has 106 valence electrons. The molecule has 1 heterocycles. The Kier molecular flexibility index (Phi) is 4.70. The van der Waals surface area contributed by atoms with Crippen LogP contribution < -0.4 is 15.8 Å². The second kappa shape index (κ2) is 6.49. The summed E-state index contributed by atoms with van der Waals surface area (Å²) < 4.78 is 5.46. The summed E-state index contributed by atoms with van der Waals surface area (Å²) in [6, 6.07) is 7.14. The number of ether oxygens (including phenoxy) is 1. The molecule has 1 atom stereocenters. The third-order valence-electron chi connectivity index (χ3n) is 2.58. The molecule has 2 rings (SSSR count). The molecule has 0 spiro atoms. The molecule has 2 aromatic rings. The molecular weight excluding hydrogens is 274 g/mol. The Labute approximate surface area is 121 Å². The number of hydrogen-bond acceptors (Lipinski definition) is 5. The molecule has 0 saturated heterocycles. The summed E-state index contributed by atoms with van der Waals surface area (Å²) in [6.45, 7) is 4.28. The second-order valence-electron chi connectivity index (χ2n) is 4.24. The number of carbonyl (C=O) groups excluding carboxylic acids is 1. The lowest BCUT2D eigenvalue weighted by Crippen LogP contribution is -2.14. The van der Waals surface area contributed by atoms with Crippen LogP contribution in [0.5, 0.6) is 5.75 Å². The zero-order valence-corrected chi connectivity index (χ0v) is 12.2. The summed E-state index contributed by atoms with van der Waals surface area (Å²) in [6.07, 6.45) is 0. The summed E-state index contributed by atoms with van der Waals surface area (Å²) in [5, 5.41) is 5.25. The van der Waals surface area contributed by atoms with Gasteiger partial charge in [0, 0.05) is 5.38 Å². The molecule has 0 fully saturated rings. The van der Waals surface area contributed by atoms with Crippen molar-refractivity contribution in [1.82, 2.24) is 4.98 Å². The highest BCUT2D eigenvalue weighted by Gasteiger charge is 2.14. The van der Waals surface area contributed by atoms with Crippen LogP contribution in [0.15, 0.2) is 29.6 Å². The average molecular weight is 291 g/mol. The number of nitrogens with one attached hydrogen (secondary N) is 1. The third-order valence-corrected chi connectivity index (χ3v) is 3.62. The first-order chi connectivity index (χ1) is 9.61. The van der Waals surface area contributed by atoms with E-state index in [4.69, 9.17) is 10.5 Å². The maximum Gasteiger partial charge on any atom is 0.275 e. The Bertz CT molecular complexity index is 596. The van der Waals surface area contributed by atoms with Crippen molar-refractivity contribution in [3.63, 3.8) is 0 Å². The van der Waals surface area contributed by atoms with E-state index in [1.165, 1.54) is 11.3 Å². The van der Waals surface area contributed by atoms with Crippen LogP contribution in [-0.4, -0.2) is 17.5 Å². The number of para-hydroxylation sites is 2. The predicted octanol–water partition coefficient (Wildman–Crippen LogP) is 2.81. The highest BCUT2D eigenvalue weighted by atomic mass is 32.1. The minimum Gasteiger partial charge on any atom is -0.492 e. The van der Waals surface area contributed by atoms with E-state index in [1.807, 2.05) is 32.0 Å². The van der Waals surface area contributed by atoms with Gasteiger partial charge in [-0.25, -0.2) is 4.98 Å². The molecular formula is C14H17N3O2S. The normalized spacial score (nSPS) is 11.9. The van der Waals surface area contributed by atoms with Gasteiger partial charge in [0.2, 0.25) is 0 Å². The number of aromatic nitrogens is 1. The molecule has 1 unspecified atom stereocenters. The summed E-state index contributed by atoms with van der Waals surface area (Å²) in [5.41, 5.74) is 6.74. The molecule has 0 radical (unpaired) electrons. The Morgan fingerprint density at radius 1 is 1.50 bits per heavy atom. The SMILES string of the molecule is CCOc1ccccc1NC(=O)c1csc(C(C)N)n1. The number of rotatable bonds is 5. The number of nitrogens with zero attached hydrogens (tertiary/aromatic N) is 1. The highest BCUT2D eigenvalue weighted by Crippen LogP contribution is 2.24. The molecule has 0 bridgehead atoms. The van der Waals surface area contributed by atoms with Crippen molar-refractivity contribution >= 4 is 22.9 Å². The molecule has 1 aromatic heterocycles. The summed E-state index contributed by atoms with van der Waals surface area (Å²) in [4.78, 5) is 16.4. The van der Waals surface area contributed by atoms with Gasteiger partial charge in [-0.15, -0.1) is 11.3 Å². The van der Waals surface area contributed by atoms with Crippen molar-refractivity contribution in [3.05, 3.63) is 40.3 Å². The zero-order valence-electron chi connectivity index (χ0n) is 11.4. The highest BCUT2D eigenvalue weighted by molar-refractivity contribution is 7.09. The summed E-state index contributed by atoms with van der Waals surface area (Å²) in [7, 11) is 0. The van der Waals surface area contributed by atoms with E-state index in [0.717, 1.165) is 5.01 Å². The zero-order chi connectivity index (χ0) is 14.5. The molecule has 3 N–H and O–H groups in total. The third kappa shape index (κ3) is 3.34. The molecule has 0 aliphatic rings. The smallest absolute Gasteiger partial charge is 0.275 e. The average Bonchev–Trinajstić information content (AvgIpc) is 2.91. The first kappa shape index (κ1) is 14.5. The van der Waals surface area contributed by atoms with Crippen LogP contribution in [0.1, 0.15) is 35.4 Å². The first-order valence-electron chi connectivity index (χ1n) is 6.36. The molecule has 0 aliphatic heterocycles. The fourth-order valence-corrected chi connectivity index (χ4v) is 2.40. The van der Waals surface area contributed by atoms with Gasteiger partial charge in [0.05, 0.1) is 18.3 Å². The minimum atomic E-state index is -0.264. The van der Waals surface area contributed by atoms with Crippen LogP contribution in [0.25, 0.3) is 0 Å². The Balaban J connectivity index is 2.14. The molecule has 5 nitrogen and oxygen atoms in total. The van der Waals surface area contributed by atoms with Gasteiger partial charge in [-0.1, -0.05) is 12.1 Å². The van der Waals surface area contributed by atoms with Crippen molar-refractivity contribution in [2.75, 3.05) is 11.9 Å². The van der Waals surface area contributed by atoms with Crippen LogP contribution >= 0.6 is 11.3 Å². The summed E-state index contributed by atoms with van der Waals surface area (Å²) in [5.74, 6) is 0.381. The topological polar surface area (TPSA) is 77.2 Å². The first-order valence-corrected chi connectivity index (χ1v) is 7.24. The maximum absolute atomic E-state index is 12.1. The van der Waals surface area contributed by atoms with E-state index in [9.17, 15) is 4.79 Å². The van der Waals surface area contributed by atoms with Gasteiger partial charge in [0.15, 0.2) is 0 Å². The van der Waals surface area contributed by atoms with Crippen molar-refractivity contribution in [1.29, 1.82) is 0 Å². The minimum absolute atomic E-state index is 0.169. The van der Waals surface area contributed by atoms with Crippen molar-refractivity contribution in [2.45, 2.75) is 19.9 Å². The van der Waals surface area contributed by atoms with Crippen molar-refractivity contribution in [3.8, 4) is 5.75 Å². The van der Waals surface area contributed by atoms with Crippen LogP contribution in [0.2, 0.25) is 0 Å². The van der Waals surface area contributed by atoms with Crippen LogP contribution in [-0.2, 0) is 0 Å². The second-order valence-corrected chi connectivity index (χ2v) is 5.13. The number of nitrogens with two attached hydrogens (primary N) is 1. The van der Waals surface area contributed by atoms with Gasteiger partial charge in [0.25, 0.3) is 5.91 Å². The molecule has 6 heteroatoms. The van der Waals surface area contributed by atoms with Gasteiger partial charge >= 0.3 is 0 Å². The Hall–Kier alpha value is -1.92. The van der Waals surface area contributed by atoms with E-state index < -0.39 is 0 Å². The van der Waals surface area contributed by atoms with Gasteiger partial charge in [-0.05, 0) is 26.0 Å². The number of thiazole rings is 1. The van der Waals surface area contributed by atoms with Crippen molar-refractivity contribution in [2.24, 2.45) is 5.73 Å². The number of carbonyl (C=O) groups is 1.